The second-order valence-electron chi connectivity index (χ2n) is 3.53. The van der Waals surface area contributed by atoms with Gasteiger partial charge in [-0.3, -0.25) is 4.79 Å². The molecule has 0 bridgehead atoms. The van der Waals surface area contributed by atoms with Gasteiger partial charge in [-0.05, 0) is 12.1 Å². The Kier molecular flexibility index (Phi) is 4.51. The highest BCUT2D eigenvalue weighted by Crippen LogP contribution is 2.33. The zero-order valence-corrected chi connectivity index (χ0v) is 9.93. The summed E-state index contributed by atoms with van der Waals surface area (Å²) in [6.07, 6.45) is -10.3. The first-order valence-electron chi connectivity index (χ1n) is 5.20. The van der Waals surface area contributed by atoms with Crippen LogP contribution in [0.25, 0.3) is 0 Å². The van der Waals surface area contributed by atoms with E-state index in [9.17, 15) is 31.1 Å². The number of rotatable bonds is 4. The van der Waals surface area contributed by atoms with Gasteiger partial charge in [0, 0.05) is 12.5 Å². The van der Waals surface area contributed by atoms with Crippen LogP contribution in [0.3, 0.4) is 0 Å². The van der Waals surface area contributed by atoms with Gasteiger partial charge in [-0.1, -0.05) is 6.92 Å². The van der Waals surface area contributed by atoms with Gasteiger partial charge in [0.05, 0.1) is 5.56 Å². The minimum Gasteiger partial charge on any atom is -0.406 e. The average molecular weight is 302 g/mol. The Morgan fingerprint density at radius 1 is 1.05 bits per heavy atom. The van der Waals surface area contributed by atoms with E-state index in [-0.39, 0.29) is 6.42 Å². The van der Waals surface area contributed by atoms with Gasteiger partial charge >= 0.3 is 12.7 Å². The summed E-state index contributed by atoms with van der Waals surface area (Å²) >= 11 is 0. The first-order valence-corrected chi connectivity index (χ1v) is 5.20. The number of hydrogen-bond donors (Lipinski definition) is 0. The van der Waals surface area contributed by atoms with E-state index in [4.69, 9.17) is 0 Å². The van der Waals surface area contributed by atoms with Gasteiger partial charge in [-0.15, -0.1) is 26.3 Å². The number of halogens is 6. The van der Waals surface area contributed by atoms with Gasteiger partial charge in [0.1, 0.15) is 11.5 Å². The van der Waals surface area contributed by atoms with Crippen LogP contribution in [-0.2, 0) is 0 Å². The molecule has 0 aromatic heterocycles. The van der Waals surface area contributed by atoms with Crippen molar-refractivity contribution in [2.45, 2.75) is 26.1 Å². The molecule has 0 aliphatic heterocycles. The molecule has 0 radical (unpaired) electrons. The third-order valence-electron chi connectivity index (χ3n) is 2.03. The van der Waals surface area contributed by atoms with E-state index in [0.29, 0.717) is 6.07 Å². The van der Waals surface area contributed by atoms with E-state index >= 15 is 0 Å². The van der Waals surface area contributed by atoms with Crippen molar-refractivity contribution in [2.75, 3.05) is 0 Å². The number of hydrogen-bond acceptors (Lipinski definition) is 3. The zero-order valence-electron chi connectivity index (χ0n) is 9.93. The fourth-order valence-electron chi connectivity index (χ4n) is 1.33. The summed E-state index contributed by atoms with van der Waals surface area (Å²) in [5.41, 5.74) is -0.473. The number of carbonyl (C=O) groups is 1. The van der Waals surface area contributed by atoms with E-state index < -0.39 is 35.6 Å². The summed E-state index contributed by atoms with van der Waals surface area (Å²) in [7, 11) is 0. The molecule has 1 aromatic rings. The van der Waals surface area contributed by atoms with Crippen molar-refractivity contribution in [3.63, 3.8) is 0 Å². The topological polar surface area (TPSA) is 35.5 Å². The molecule has 1 aromatic carbocycles. The molecule has 0 saturated heterocycles. The Morgan fingerprint density at radius 2 is 1.60 bits per heavy atom. The largest absolute Gasteiger partial charge is 0.573 e. The maximum absolute atomic E-state index is 12.2. The average Bonchev–Trinajstić information content (AvgIpc) is 2.24. The molecular formula is C11H8F6O3. The van der Waals surface area contributed by atoms with Gasteiger partial charge in [-0.2, -0.15) is 0 Å². The maximum atomic E-state index is 12.2. The summed E-state index contributed by atoms with van der Waals surface area (Å²) in [5, 5.41) is 0. The fourth-order valence-corrected chi connectivity index (χ4v) is 1.33. The van der Waals surface area contributed by atoms with Gasteiger partial charge < -0.3 is 9.47 Å². The normalized spacial score (nSPS) is 12.2. The lowest BCUT2D eigenvalue weighted by molar-refractivity contribution is -0.276. The van der Waals surface area contributed by atoms with Crippen LogP contribution in [0, 0.1) is 0 Å². The Labute approximate surface area is 109 Å². The maximum Gasteiger partial charge on any atom is 0.573 e. The van der Waals surface area contributed by atoms with Crippen molar-refractivity contribution in [1.29, 1.82) is 0 Å². The number of Topliss-reactive ketones (excluding diaryl/α,β-unsaturated/α-hetero) is 1. The van der Waals surface area contributed by atoms with Crippen molar-refractivity contribution in [2.24, 2.45) is 0 Å². The fraction of sp³-hybridized carbons (Fsp3) is 0.364. The Morgan fingerprint density at radius 3 is 2.05 bits per heavy atom. The molecule has 0 aliphatic carbocycles. The highest BCUT2D eigenvalue weighted by atomic mass is 19.4. The van der Waals surface area contributed by atoms with E-state index in [1.165, 1.54) is 6.92 Å². The van der Waals surface area contributed by atoms with Crippen LogP contribution in [0.1, 0.15) is 23.7 Å². The smallest absolute Gasteiger partial charge is 0.406 e. The number of ether oxygens (including phenoxy) is 2. The molecule has 0 spiro atoms. The van der Waals surface area contributed by atoms with Gasteiger partial charge in [0.25, 0.3) is 0 Å². The van der Waals surface area contributed by atoms with Crippen molar-refractivity contribution < 1.29 is 40.6 Å². The van der Waals surface area contributed by atoms with Crippen LogP contribution in [0.2, 0.25) is 0 Å². The Balaban J connectivity index is 3.18. The second-order valence-corrected chi connectivity index (χ2v) is 3.53. The van der Waals surface area contributed by atoms with Crippen molar-refractivity contribution in [3.8, 4) is 11.5 Å². The highest BCUT2D eigenvalue weighted by molar-refractivity contribution is 5.98. The molecule has 3 nitrogen and oxygen atoms in total. The Hall–Kier alpha value is -1.93. The molecule has 0 aliphatic rings. The van der Waals surface area contributed by atoms with Crippen LogP contribution in [0.15, 0.2) is 18.2 Å². The SMILES string of the molecule is CCC(=O)c1ccc(OC(F)(F)F)cc1OC(F)(F)F. The first-order chi connectivity index (χ1) is 9.02. The molecule has 20 heavy (non-hydrogen) atoms. The lowest BCUT2D eigenvalue weighted by Gasteiger charge is -2.15. The molecule has 0 amide bonds. The number of ketones is 1. The summed E-state index contributed by atoms with van der Waals surface area (Å²) < 4.78 is 79.4. The number of benzene rings is 1. The molecular weight excluding hydrogens is 294 g/mol. The van der Waals surface area contributed by atoms with E-state index in [1.54, 1.807) is 0 Å². The van der Waals surface area contributed by atoms with E-state index in [1.807, 2.05) is 0 Å². The van der Waals surface area contributed by atoms with Crippen LogP contribution >= 0.6 is 0 Å². The zero-order chi connectivity index (χ0) is 15.6. The molecule has 112 valence electrons. The summed E-state index contributed by atoms with van der Waals surface area (Å²) in [6, 6.07) is 1.89. The number of carbonyl (C=O) groups excluding carboxylic acids is 1. The van der Waals surface area contributed by atoms with Gasteiger partial charge in [0.2, 0.25) is 0 Å². The van der Waals surface area contributed by atoms with E-state index in [2.05, 4.69) is 9.47 Å². The molecule has 0 N–H and O–H groups in total. The third kappa shape index (κ3) is 4.98. The number of alkyl halides is 6. The molecule has 0 heterocycles. The third-order valence-corrected chi connectivity index (χ3v) is 2.03. The van der Waals surface area contributed by atoms with Crippen molar-refractivity contribution >= 4 is 5.78 Å². The van der Waals surface area contributed by atoms with Gasteiger partial charge in [0.15, 0.2) is 5.78 Å². The predicted molar refractivity (Wildman–Crippen MR) is 54.4 cm³/mol. The minimum absolute atomic E-state index is 0.131. The predicted octanol–water partition coefficient (Wildman–Crippen LogP) is 4.08. The molecule has 9 heteroatoms. The minimum atomic E-state index is -5.14. The van der Waals surface area contributed by atoms with Gasteiger partial charge in [-0.25, -0.2) is 0 Å². The molecule has 0 unspecified atom stereocenters. The summed E-state index contributed by atoms with van der Waals surface area (Å²) in [6.45, 7) is 1.39. The van der Waals surface area contributed by atoms with E-state index in [0.717, 1.165) is 12.1 Å². The quantitative estimate of drug-likeness (QED) is 0.621. The summed E-state index contributed by atoms with van der Waals surface area (Å²) in [4.78, 5) is 11.4. The lowest BCUT2D eigenvalue weighted by atomic mass is 10.1. The van der Waals surface area contributed by atoms with Crippen LogP contribution < -0.4 is 9.47 Å². The van der Waals surface area contributed by atoms with Crippen LogP contribution in [0.5, 0.6) is 11.5 Å². The first kappa shape index (κ1) is 16.1. The molecule has 0 atom stereocenters. The Bertz CT molecular complexity index is 492. The second kappa shape index (κ2) is 5.59. The standard InChI is InChI=1S/C11H8F6O3/c1-2-8(18)7-4-3-6(19-10(12,13)14)5-9(7)20-11(15,16)17/h3-5H,2H2,1H3. The molecule has 0 fully saturated rings. The summed E-state index contributed by atoms with van der Waals surface area (Å²) in [5.74, 6) is -2.65. The van der Waals surface area contributed by atoms with Crippen molar-refractivity contribution in [3.05, 3.63) is 23.8 Å². The lowest BCUT2D eigenvalue weighted by Crippen LogP contribution is -2.20. The van der Waals surface area contributed by atoms with Crippen molar-refractivity contribution in [1.82, 2.24) is 0 Å². The molecule has 0 saturated carbocycles. The van der Waals surface area contributed by atoms with Crippen LogP contribution in [0.4, 0.5) is 26.3 Å². The molecule has 1 rings (SSSR count). The monoisotopic (exact) mass is 302 g/mol. The highest BCUT2D eigenvalue weighted by Gasteiger charge is 2.35. The van der Waals surface area contributed by atoms with Crippen LogP contribution in [-0.4, -0.2) is 18.5 Å².